The Labute approximate surface area is 120 Å². The van der Waals surface area contributed by atoms with E-state index in [1.165, 1.54) is 4.90 Å². The van der Waals surface area contributed by atoms with E-state index in [0.717, 1.165) is 13.0 Å². The van der Waals surface area contributed by atoms with Crippen LogP contribution < -0.4 is 5.73 Å². The molecule has 1 amide bonds. The number of aliphatic carboxylic acids is 1. The van der Waals surface area contributed by atoms with Crippen molar-refractivity contribution < 1.29 is 19.4 Å². The van der Waals surface area contributed by atoms with E-state index in [1.54, 1.807) is 20.8 Å². The highest BCUT2D eigenvalue weighted by atomic mass is 35.5. The van der Waals surface area contributed by atoms with Crippen molar-refractivity contribution in [1.82, 2.24) is 4.90 Å². The first-order chi connectivity index (χ1) is 8.22. The van der Waals surface area contributed by atoms with Gasteiger partial charge in [0.1, 0.15) is 11.6 Å². The molecule has 1 aliphatic rings. The van der Waals surface area contributed by atoms with Crippen molar-refractivity contribution in [2.75, 3.05) is 13.1 Å². The molecule has 3 N–H and O–H groups in total. The Kier molecular flexibility index (Phi) is 9.60. The molecule has 1 heterocycles. The molecule has 0 radical (unpaired) electrons. The predicted octanol–water partition coefficient (Wildman–Crippen LogP) is 1.86. The molecule has 1 atom stereocenters. The number of likely N-dealkylation sites (tertiary alicyclic amines) is 1. The molecule has 6 nitrogen and oxygen atoms in total. The standard InChI is InChI=1S/C10H17NO4.C2H7N.ClH/c1-10(2,3)15-9(14)11-6-4-5-7(11)8(12)13;1-2-3;/h7H,4-6H2,1-3H3,(H,12,13);2-3H2,1H3;1H/t7-;;/m0../s1. The molecule has 114 valence electrons. The van der Waals surface area contributed by atoms with Gasteiger partial charge in [0.2, 0.25) is 0 Å². The number of nitrogens with two attached hydrogens (primary N) is 1. The number of hydrogen-bond donors (Lipinski definition) is 2. The van der Waals surface area contributed by atoms with E-state index in [0.29, 0.717) is 13.0 Å². The van der Waals surface area contributed by atoms with Crippen LogP contribution in [0.25, 0.3) is 0 Å². The molecule has 0 saturated carbocycles. The highest BCUT2D eigenvalue weighted by molar-refractivity contribution is 5.85. The van der Waals surface area contributed by atoms with Crippen molar-refractivity contribution in [2.24, 2.45) is 5.73 Å². The van der Waals surface area contributed by atoms with Crippen LogP contribution >= 0.6 is 12.4 Å². The summed E-state index contributed by atoms with van der Waals surface area (Å²) >= 11 is 0. The summed E-state index contributed by atoms with van der Waals surface area (Å²) in [5.74, 6) is -0.960. The van der Waals surface area contributed by atoms with Gasteiger partial charge >= 0.3 is 12.1 Å². The highest BCUT2D eigenvalue weighted by Crippen LogP contribution is 2.20. The number of hydrogen-bond acceptors (Lipinski definition) is 4. The summed E-state index contributed by atoms with van der Waals surface area (Å²) < 4.78 is 5.13. The lowest BCUT2D eigenvalue weighted by Crippen LogP contribution is -2.43. The molecule has 0 unspecified atom stereocenters. The van der Waals surface area contributed by atoms with Crippen molar-refractivity contribution >= 4 is 24.5 Å². The summed E-state index contributed by atoms with van der Waals surface area (Å²) in [5.41, 5.74) is 4.27. The van der Waals surface area contributed by atoms with Crippen LogP contribution in [0.3, 0.4) is 0 Å². The number of rotatable bonds is 1. The number of ether oxygens (including phenoxy) is 1. The van der Waals surface area contributed by atoms with E-state index in [2.05, 4.69) is 0 Å². The Balaban J connectivity index is 0. The van der Waals surface area contributed by atoms with Gasteiger partial charge in [-0.3, -0.25) is 4.90 Å². The number of halogens is 1. The normalized spacial score (nSPS) is 17.9. The lowest BCUT2D eigenvalue weighted by atomic mass is 10.2. The predicted molar refractivity (Wildman–Crippen MR) is 75.6 cm³/mol. The van der Waals surface area contributed by atoms with E-state index < -0.39 is 23.7 Å². The summed E-state index contributed by atoms with van der Waals surface area (Å²) in [6.07, 6.45) is 0.692. The minimum Gasteiger partial charge on any atom is -0.480 e. The lowest BCUT2D eigenvalue weighted by molar-refractivity contribution is -0.142. The number of carboxylic acid groups (broad SMARTS) is 1. The Morgan fingerprint density at radius 3 is 2.26 bits per heavy atom. The van der Waals surface area contributed by atoms with Crippen molar-refractivity contribution in [2.45, 2.75) is 52.2 Å². The zero-order valence-electron chi connectivity index (χ0n) is 12.0. The van der Waals surface area contributed by atoms with Gasteiger partial charge in [-0.2, -0.15) is 0 Å². The summed E-state index contributed by atoms with van der Waals surface area (Å²) in [4.78, 5) is 23.7. The van der Waals surface area contributed by atoms with E-state index in [4.69, 9.17) is 15.6 Å². The Morgan fingerprint density at radius 2 is 1.89 bits per heavy atom. The zero-order chi connectivity index (χ0) is 14.3. The topological polar surface area (TPSA) is 92.9 Å². The average Bonchev–Trinajstić information content (AvgIpc) is 2.63. The van der Waals surface area contributed by atoms with Crippen LogP contribution in [0, 0.1) is 0 Å². The number of amides is 1. The van der Waals surface area contributed by atoms with Gasteiger partial charge in [0, 0.05) is 6.54 Å². The summed E-state index contributed by atoms with van der Waals surface area (Å²) in [6.45, 7) is 8.40. The van der Waals surface area contributed by atoms with Crippen LogP contribution in [0.5, 0.6) is 0 Å². The fourth-order valence-corrected chi connectivity index (χ4v) is 1.56. The van der Waals surface area contributed by atoms with Gasteiger partial charge in [-0.25, -0.2) is 9.59 Å². The molecule has 0 aliphatic carbocycles. The van der Waals surface area contributed by atoms with Crippen LogP contribution in [0.4, 0.5) is 4.79 Å². The highest BCUT2D eigenvalue weighted by Gasteiger charge is 2.36. The first-order valence-electron chi connectivity index (χ1n) is 6.15. The molecule has 1 saturated heterocycles. The number of carbonyl (C=O) groups excluding carboxylic acids is 1. The van der Waals surface area contributed by atoms with Gasteiger partial charge < -0.3 is 15.6 Å². The van der Waals surface area contributed by atoms with Gasteiger partial charge in [0.05, 0.1) is 0 Å². The van der Waals surface area contributed by atoms with Crippen LogP contribution in [0.2, 0.25) is 0 Å². The van der Waals surface area contributed by atoms with Crippen molar-refractivity contribution in [3.8, 4) is 0 Å². The van der Waals surface area contributed by atoms with Crippen LogP contribution in [0.15, 0.2) is 0 Å². The molecule has 7 heteroatoms. The second-order valence-electron chi connectivity index (χ2n) is 5.08. The Bertz CT molecular complexity index is 292. The van der Waals surface area contributed by atoms with Gasteiger partial charge in [-0.1, -0.05) is 6.92 Å². The maximum absolute atomic E-state index is 11.6. The first-order valence-corrected chi connectivity index (χ1v) is 6.15. The molecule has 0 aromatic heterocycles. The SMILES string of the molecule is CC(C)(C)OC(=O)N1CCC[C@H]1C(=O)O.CCN.Cl. The lowest BCUT2D eigenvalue weighted by Gasteiger charge is -2.26. The molecular weight excluding hydrogens is 272 g/mol. The smallest absolute Gasteiger partial charge is 0.411 e. The van der Waals surface area contributed by atoms with Crippen molar-refractivity contribution in [1.29, 1.82) is 0 Å². The minimum absolute atomic E-state index is 0. The molecular formula is C12H25ClN2O4. The molecule has 1 aliphatic heterocycles. The van der Waals surface area contributed by atoms with Gasteiger partial charge in [0.15, 0.2) is 0 Å². The summed E-state index contributed by atoms with van der Waals surface area (Å²) in [6, 6.07) is -0.722. The second-order valence-corrected chi connectivity index (χ2v) is 5.08. The fourth-order valence-electron chi connectivity index (χ4n) is 1.56. The third kappa shape index (κ3) is 7.89. The second kappa shape index (κ2) is 8.98. The number of nitrogens with zero attached hydrogens (tertiary/aromatic N) is 1. The number of carboxylic acids is 1. The largest absolute Gasteiger partial charge is 0.480 e. The zero-order valence-corrected chi connectivity index (χ0v) is 12.8. The van der Waals surface area contributed by atoms with E-state index in [-0.39, 0.29) is 12.4 Å². The van der Waals surface area contributed by atoms with Crippen LogP contribution in [0.1, 0.15) is 40.5 Å². The average molecular weight is 297 g/mol. The molecule has 19 heavy (non-hydrogen) atoms. The van der Waals surface area contributed by atoms with Gasteiger partial charge in [0.25, 0.3) is 0 Å². The van der Waals surface area contributed by atoms with E-state index in [9.17, 15) is 9.59 Å². The van der Waals surface area contributed by atoms with E-state index >= 15 is 0 Å². The third-order valence-electron chi connectivity index (χ3n) is 2.17. The Hall–Kier alpha value is -1.01. The van der Waals surface area contributed by atoms with Crippen LogP contribution in [-0.4, -0.2) is 46.8 Å². The first kappa shape index (κ1) is 20.3. The quantitative estimate of drug-likeness (QED) is 0.770. The molecule has 0 aromatic rings. The summed E-state index contributed by atoms with van der Waals surface area (Å²) in [5, 5.41) is 8.88. The maximum Gasteiger partial charge on any atom is 0.411 e. The fraction of sp³-hybridized carbons (Fsp3) is 0.833. The van der Waals surface area contributed by atoms with Crippen molar-refractivity contribution in [3.05, 3.63) is 0 Å². The molecule has 0 bridgehead atoms. The monoisotopic (exact) mass is 296 g/mol. The van der Waals surface area contributed by atoms with Crippen LogP contribution in [-0.2, 0) is 9.53 Å². The van der Waals surface area contributed by atoms with Gasteiger partial charge in [-0.05, 0) is 40.2 Å². The third-order valence-corrected chi connectivity index (χ3v) is 2.17. The van der Waals surface area contributed by atoms with E-state index in [1.807, 2.05) is 6.92 Å². The summed E-state index contributed by atoms with van der Waals surface area (Å²) in [7, 11) is 0. The maximum atomic E-state index is 11.6. The molecule has 0 spiro atoms. The molecule has 1 rings (SSSR count). The number of carbonyl (C=O) groups is 2. The van der Waals surface area contributed by atoms with Crippen molar-refractivity contribution in [3.63, 3.8) is 0 Å². The molecule has 1 fully saturated rings. The molecule has 0 aromatic carbocycles. The Morgan fingerprint density at radius 1 is 1.42 bits per heavy atom. The van der Waals surface area contributed by atoms with Gasteiger partial charge in [-0.15, -0.1) is 12.4 Å². The minimum atomic E-state index is -0.960.